The van der Waals surface area contributed by atoms with Gasteiger partial charge in [-0.05, 0) is 37.6 Å². The Morgan fingerprint density at radius 2 is 1.83 bits per heavy atom. The van der Waals surface area contributed by atoms with Crippen molar-refractivity contribution in [3.63, 3.8) is 0 Å². The first kappa shape index (κ1) is 20.6. The van der Waals surface area contributed by atoms with Gasteiger partial charge >= 0.3 is 0 Å². The lowest BCUT2D eigenvalue weighted by atomic mass is 10.3. The zero-order chi connectivity index (χ0) is 18.3. The van der Waals surface area contributed by atoms with E-state index in [1.54, 1.807) is 19.1 Å². The number of sulfonamides is 1. The van der Waals surface area contributed by atoms with E-state index in [0.29, 0.717) is 6.54 Å². The number of likely N-dealkylation sites (N-methyl/N-ethyl adjacent to an activating group) is 1. The number of carbonyl (C=O) groups is 2. The van der Waals surface area contributed by atoms with Gasteiger partial charge in [0.25, 0.3) is 0 Å². The van der Waals surface area contributed by atoms with Crippen molar-refractivity contribution in [2.45, 2.75) is 31.2 Å². The molecule has 9 heteroatoms. The van der Waals surface area contributed by atoms with Gasteiger partial charge in [0.1, 0.15) is 6.04 Å². The second-order valence-corrected chi connectivity index (χ2v) is 8.26. The Balaban J connectivity index is 2.66. The Morgan fingerprint density at radius 3 is 2.38 bits per heavy atom. The molecule has 1 aromatic carbocycles. The molecule has 1 atom stereocenters. The van der Waals surface area contributed by atoms with Crippen LogP contribution < -0.4 is 10.6 Å². The van der Waals surface area contributed by atoms with Crippen LogP contribution in [-0.4, -0.2) is 50.7 Å². The first-order valence-electron chi connectivity index (χ1n) is 7.47. The summed E-state index contributed by atoms with van der Waals surface area (Å²) in [5.41, 5.74) is 0. The molecule has 0 saturated heterocycles. The number of hydrogen-bond acceptors (Lipinski definition) is 4. The van der Waals surface area contributed by atoms with E-state index in [2.05, 4.69) is 26.6 Å². The number of halogens is 1. The molecule has 7 nitrogen and oxygen atoms in total. The topological polar surface area (TPSA) is 95.6 Å². The van der Waals surface area contributed by atoms with E-state index >= 15 is 0 Å². The van der Waals surface area contributed by atoms with Crippen LogP contribution >= 0.6 is 15.9 Å². The van der Waals surface area contributed by atoms with E-state index < -0.39 is 22.0 Å². The number of benzene rings is 1. The van der Waals surface area contributed by atoms with Gasteiger partial charge in [-0.25, -0.2) is 8.42 Å². The maximum atomic E-state index is 12.4. The van der Waals surface area contributed by atoms with Crippen LogP contribution in [0.15, 0.2) is 33.6 Å². The second-order valence-electron chi connectivity index (χ2n) is 5.30. The Kier molecular flexibility index (Phi) is 7.85. The molecule has 0 bridgehead atoms. The number of amides is 2. The van der Waals surface area contributed by atoms with Crippen molar-refractivity contribution < 1.29 is 18.0 Å². The van der Waals surface area contributed by atoms with Gasteiger partial charge in [0.05, 0.1) is 11.4 Å². The summed E-state index contributed by atoms with van der Waals surface area (Å²) in [6.07, 6.45) is 0.792. The van der Waals surface area contributed by atoms with Gasteiger partial charge in [0, 0.05) is 18.1 Å². The predicted molar refractivity (Wildman–Crippen MR) is 94.9 cm³/mol. The standard InChI is InChI=1S/C15H22BrN3O4S/c1-4-9-17-15(21)11(2)18-14(20)10-19(3)24(22,23)13-7-5-12(16)6-8-13/h5-8,11H,4,9-10H2,1-3H3,(H,17,21)(H,18,20). The van der Waals surface area contributed by atoms with Gasteiger partial charge in [-0.15, -0.1) is 0 Å². The van der Waals surface area contributed by atoms with Crippen LogP contribution in [0, 0.1) is 0 Å². The molecule has 24 heavy (non-hydrogen) atoms. The number of hydrogen-bond donors (Lipinski definition) is 2. The van der Waals surface area contributed by atoms with Crippen molar-refractivity contribution in [1.29, 1.82) is 0 Å². The summed E-state index contributed by atoms with van der Waals surface area (Å²) in [6, 6.07) is 5.40. The van der Waals surface area contributed by atoms with Crippen LogP contribution in [0.5, 0.6) is 0 Å². The molecule has 0 heterocycles. The first-order valence-corrected chi connectivity index (χ1v) is 9.70. The van der Waals surface area contributed by atoms with Crippen LogP contribution in [0.3, 0.4) is 0 Å². The molecule has 0 aromatic heterocycles. The molecule has 0 spiro atoms. The smallest absolute Gasteiger partial charge is 0.243 e. The summed E-state index contributed by atoms with van der Waals surface area (Å²) in [7, 11) is -2.45. The molecule has 2 amide bonds. The van der Waals surface area contributed by atoms with Crippen molar-refractivity contribution in [2.24, 2.45) is 0 Å². The maximum Gasteiger partial charge on any atom is 0.243 e. The quantitative estimate of drug-likeness (QED) is 0.659. The lowest BCUT2D eigenvalue weighted by molar-refractivity contribution is -0.128. The van der Waals surface area contributed by atoms with Gasteiger partial charge in [-0.1, -0.05) is 22.9 Å². The molecule has 1 unspecified atom stereocenters. The molecule has 0 fully saturated rings. The number of nitrogens with zero attached hydrogens (tertiary/aromatic N) is 1. The molecule has 2 N–H and O–H groups in total. The average molecular weight is 420 g/mol. The fourth-order valence-electron chi connectivity index (χ4n) is 1.83. The van der Waals surface area contributed by atoms with Crippen LogP contribution in [0.1, 0.15) is 20.3 Å². The van der Waals surface area contributed by atoms with Gasteiger partial charge < -0.3 is 10.6 Å². The zero-order valence-electron chi connectivity index (χ0n) is 13.9. The van der Waals surface area contributed by atoms with Crippen molar-refractivity contribution in [1.82, 2.24) is 14.9 Å². The summed E-state index contributed by atoms with van der Waals surface area (Å²) in [5.74, 6) is -0.846. The maximum absolute atomic E-state index is 12.4. The summed E-state index contributed by atoms with van der Waals surface area (Å²) >= 11 is 3.24. The van der Waals surface area contributed by atoms with Crippen molar-refractivity contribution in [2.75, 3.05) is 20.1 Å². The third-order valence-electron chi connectivity index (χ3n) is 3.21. The molecule has 134 valence electrons. The van der Waals surface area contributed by atoms with Gasteiger partial charge in [-0.2, -0.15) is 4.31 Å². The third kappa shape index (κ3) is 5.88. The SMILES string of the molecule is CCCNC(=O)C(C)NC(=O)CN(C)S(=O)(=O)c1ccc(Br)cc1. The van der Waals surface area contributed by atoms with Crippen molar-refractivity contribution in [3.8, 4) is 0 Å². The lowest BCUT2D eigenvalue weighted by Crippen LogP contribution is -2.48. The largest absolute Gasteiger partial charge is 0.354 e. The van der Waals surface area contributed by atoms with E-state index in [1.165, 1.54) is 19.2 Å². The monoisotopic (exact) mass is 419 g/mol. The molecule has 0 radical (unpaired) electrons. The molecular weight excluding hydrogens is 398 g/mol. The van der Waals surface area contributed by atoms with E-state index in [4.69, 9.17) is 0 Å². The summed E-state index contributed by atoms with van der Waals surface area (Å²) in [4.78, 5) is 23.8. The van der Waals surface area contributed by atoms with Crippen LogP contribution in [0.4, 0.5) is 0 Å². The van der Waals surface area contributed by atoms with Crippen LogP contribution in [0.2, 0.25) is 0 Å². The molecule has 0 saturated carbocycles. The van der Waals surface area contributed by atoms with E-state index in [1.807, 2.05) is 6.92 Å². The van der Waals surface area contributed by atoms with Gasteiger partial charge in [0.15, 0.2) is 0 Å². The highest BCUT2D eigenvalue weighted by molar-refractivity contribution is 9.10. The zero-order valence-corrected chi connectivity index (χ0v) is 16.3. The number of carbonyl (C=O) groups excluding carboxylic acids is 2. The Hall–Kier alpha value is -1.45. The van der Waals surface area contributed by atoms with Gasteiger partial charge in [-0.3, -0.25) is 9.59 Å². The molecule has 0 aliphatic heterocycles. The lowest BCUT2D eigenvalue weighted by Gasteiger charge is -2.19. The molecule has 1 rings (SSSR count). The van der Waals surface area contributed by atoms with Crippen molar-refractivity contribution >= 4 is 37.8 Å². The third-order valence-corrected chi connectivity index (χ3v) is 5.55. The second kappa shape index (κ2) is 9.14. The molecular formula is C15H22BrN3O4S. The summed E-state index contributed by atoms with van der Waals surface area (Å²) in [6.45, 7) is 3.62. The predicted octanol–water partition coefficient (Wildman–Crippen LogP) is 1.10. The van der Waals surface area contributed by atoms with E-state index in [-0.39, 0.29) is 17.3 Å². The Labute approximate surface area is 151 Å². The highest BCUT2D eigenvalue weighted by Gasteiger charge is 2.24. The highest BCUT2D eigenvalue weighted by Crippen LogP contribution is 2.17. The van der Waals surface area contributed by atoms with Gasteiger partial charge in [0.2, 0.25) is 21.8 Å². The summed E-state index contributed by atoms with van der Waals surface area (Å²) in [5, 5.41) is 5.15. The number of nitrogens with one attached hydrogen (secondary N) is 2. The van der Waals surface area contributed by atoms with E-state index in [0.717, 1.165) is 15.2 Å². The Bertz CT molecular complexity index is 676. The van der Waals surface area contributed by atoms with Crippen LogP contribution in [0.25, 0.3) is 0 Å². The minimum absolute atomic E-state index is 0.0923. The van der Waals surface area contributed by atoms with Crippen molar-refractivity contribution in [3.05, 3.63) is 28.7 Å². The number of rotatable bonds is 8. The molecule has 0 aliphatic carbocycles. The molecule has 1 aromatic rings. The Morgan fingerprint density at radius 1 is 1.25 bits per heavy atom. The normalized spacial score (nSPS) is 12.7. The molecule has 0 aliphatic rings. The minimum Gasteiger partial charge on any atom is -0.354 e. The van der Waals surface area contributed by atoms with Crippen LogP contribution in [-0.2, 0) is 19.6 Å². The average Bonchev–Trinajstić information content (AvgIpc) is 2.52. The first-order chi connectivity index (χ1) is 11.2. The van der Waals surface area contributed by atoms with E-state index in [9.17, 15) is 18.0 Å². The fourth-order valence-corrected chi connectivity index (χ4v) is 3.22. The highest BCUT2D eigenvalue weighted by atomic mass is 79.9. The minimum atomic E-state index is -3.77. The fraction of sp³-hybridized carbons (Fsp3) is 0.467. The summed E-state index contributed by atoms with van der Waals surface area (Å²) < 4.78 is 26.5.